The largest absolute Gasteiger partial charge is 0.467 e. The number of Topliss-reactive ketones (excluding diaryl/α,β-unsaturated/α-hetero) is 1. The summed E-state index contributed by atoms with van der Waals surface area (Å²) < 4.78 is 7.44. The molecule has 0 amide bonds. The molecule has 0 unspecified atom stereocenters. The van der Waals surface area contributed by atoms with Gasteiger partial charge in [-0.05, 0) is 32.0 Å². The SMILES string of the molecule is Cc1cc(C(=O)CSc2ncc(C#N)c(N)n2)c(C)n1Cc1ccco1. The Morgan fingerprint density at radius 1 is 1.46 bits per heavy atom. The first-order chi connectivity index (χ1) is 12.5. The summed E-state index contributed by atoms with van der Waals surface area (Å²) in [6.07, 6.45) is 3.00. The molecule has 0 aliphatic carbocycles. The molecule has 3 aromatic heterocycles. The van der Waals surface area contributed by atoms with Gasteiger partial charge in [-0.3, -0.25) is 4.79 Å². The van der Waals surface area contributed by atoms with E-state index in [4.69, 9.17) is 15.4 Å². The molecule has 3 heterocycles. The van der Waals surface area contributed by atoms with Crippen LogP contribution in [0.25, 0.3) is 0 Å². The first-order valence-corrected chi connectivity index (χ1v) is 8.86. The zero-order chi connectivity index (χ0) is 18.7. The highest BCUT2D eigenvalue weighted by Gasteiger charge is 2.17. The summed E-state index contributed by atoms with van der Waals surface area (Å²) in [5.41, 5.74) is 8.46. The van der Waals surface area contributed by atoms with Crippen LogP contribution in [0.2, 0.25) is 0 Å². The number of aryl methyl sites for hydroxylation is 1. The molecule has 0 radical (unpaired) electrons. The number of rotatable bonds is 6. The molecule has 2 N–H and O–H groups in total. The van der Waals surface area contributed by atoms with Gasteiger partial charge < -0.3 is 14.7 Å². The van der Waals surface area contributed by atoms with Crippen LogP contribution in [0.15, 0.2) is 40.2 Å². The molecule has 3 rings (SSSR count). The van der Waals surface area contributed by atoms with Crippen molar-refractivity contribution >= 4 is 23.4 Å². The lowest BCUT2D eigenvalue weighted by Crippen LogP contribution is -2.08. The van der Waals surface area contributed by atoms with Gasteiger partial charge in [-0.1, -0.05) is 11.8 Å². The number of ketones is 1. The molecule has 0 spiro atoms. The predicted octanol–water partition coefficient (Wildman–Crippen LogP) is 2.97. The van der Waals surface area contributed by atoms with Crippen LogP contribution < -0.4 is 5.73 Å². The average molecular weight is 367 g/mol. The van der Waals surface area contributed by atoms with Gasteiger partial charge in [0.05, 0.1) is 24.8 Å². The number of hydrogen-bond donors (Lipinski definition) is 1. The van der Waals surface area contributed by atoms with Crippen LogP contribution in [0.5, 0.6) is 0 Å². The number of nitriles is 1. The zero-order valence-corrected chi connectivity index (χ0v) is 15.2. The first-order valence-electron chi connectivity index (χ1n) is 7.87. The zero-order valence-electron chi connectivity index (χ0n) is 14.4. The molecule has 7 nitrogen and oxygen atoms in total. The highest BCUT2D eigenvalue weighted by Crippen LogP contribution is 2.22. The van der Waals surface area contributed by atoms with E-state index >= 15 is 0 Å². The van der Waals surface area contributed by atoms with Gasteiger partial charge in [0.1, 0.15) is 23.2 Å². The van der Waals surface area contributed by atoms with Crippen molar-refractivity contribution < 1.29 is 9.21 Å². The number of carbonyl (C=O) groups is 1. The van der Waals surface area contributed by atoms with Crippen molar-refractivity contribution in [2.45, 2.75) is 25.5 Å². The van der Waals surface area contributed by atoms with Gasteiger partial charge in [-0.25, -0.2) is 9.97 Å². The number of carbonyl (C=O) groups excluding carboxylic acids is 1. The van der Waals surface area contributed by atoms with Gasteiger partial charge in [0.2, 0.25) is 0 Å². The second-order valence-corrected chi connectivity index (χ2v) is 6.67. The van der Waals surface area contributed by atoms with Gasteiger partial charge >= 0.3 is 0 Å². The first kappa shape index (κ1) is 17.8. The van der Waals surface area contributed by atoms with E-state index in [1.54, 1.807) is 6.26 Å². The molecular weight excluding hydrogens is 350 g/mol. The minimum absolute atomic E-state index is 0.0136. The summed E-state index contributed by atoms with van der Waals surface area (Å²) in [5, 5.41) is 9.22. The smallest absolute Gasteiger partial charge is 0.189 e. The van der Waals surface area contributed by atoms with Crippen LogP contribution in [0.3, 0.4) is 0 Å². The van der Waals surface area contributed by atoms with E-state index in [0.717, 1.165) is 17.1 Å². The van der Waals surface area contributed by atoms with Gasteiger partial charge in [-0.2, -0.15) is 5.26 Å². The average Bonchev–Trinajstić information content (AvgIpc) is 3.23. The summed E-state index contributed by atoms with van der Waals surface area (Å²) >= 11 is 1.20. The molecule has 0 saturated heterocycles. The molecular formula is C18H17N5O2S. The number of hydrogen-bond acceptors (Lipinski definition) is 7. The Balaban J connectivity index is 1.72. The van der Waals surface area contributed by atoms with Gasteiger partial charge in [-0.15, -0.1) is 0 Å². The Labute approximate surface area is 154 Å². The lowest BCUT2D eigenvalue weighted by molar-refractivity contribution is 0.102. The van der Waals surface area contributed by atoms with Gasteiger partial charge in [0.25, 0.3) is 0 Å². The minimum Gasteiger partial charge on any atom is -0.467 e. The molecule has 3 aromatic rings. The second-order valence-electron chi connectivity index (χ2n) is 5.73. The number of aromatic nitrogens is 3. The molecule has 0 atom stereocenters. The predicted molar refractivity (Wildman–Crippen MR) is 97.9 cm³/mol. The number of anilines is 1. The maximum absolute atomic E-state index is 12.6. The minimum atomic E-state index is -0.0136. The van der Waals surface area contributed by atoms with E-state index in [0.29, 0.717) is 17.3 Å². The lowest BCUT2D eigenvalue weighted by atomic mass is 10.2. The molecule has 8 heteroatoms. The molecule has 0 aliphatic rings. The summed E-state index contributed by atoms with van der Waals surface area (Å²) in [6.45, 7) is 4.47. The van der Waals surface area contributed by atoms with E-state index in [9.17, 15) is 4.79 Å². The number of nitrogens with zero attached hydrogens (tertiary/aromatic N) is 4. The second kappa shape index (κ2) is 7.45. The fourth-order valence-corrected chi connectivity index (χ4v) is 3.33. The Morgan fingerprint density at radius 2 is 2.27 bits per heavy atom. The quantitative estimate of drug-likeness (QED) is 0.405. The number of furan rings is 1. The molecule has 0 fully saturated rings. The van der Waals surface area contributed by atoms with E-state index in [1.165, 1.54) is 18.0 Å². The summed E-state index contributed by atoms with van der Waals surface area (Å²) in [7, 11) is 0. The summed E-state index contributed by atoms with van der Waals surface area (Å²) in [4.78, 5) is 20.7. The molecule has 132 valence electrons. The fraction of sp³-hybridized carbons (Fsp3) is 0.222. The van der Waals surface area contributed by atoms with Crippen molar-refractivity contribution in [3.05, 3.63) is 58.9 Å². The third kappa shape index (κ3) is 3.63. The van der Waals surface area contributed by atoms with Crippen molar-refractivity contribution in [2.75, 3.05) is 11.5 Å². The highest BCUT2D eigenvalue weighted by atomic mass is 32.2. The van der Waals surface area contributed by atoms with E-state index in [-0.39, 0.29) is 22.9 Å². The van der Waals surface area contributed by atoms with Gasteiger partial charge in [0.15, 0.2) is 10.9 Å². The molecule has 0 aliphatic heterocycles. The third-order valence-corrected chi connectivity index (χ3v) is 4.88. The van der Waals surface area contributed by atoms with Crippen molar-refractivity contribution in [3.8, 4) is 6.07 Å². The van der Waals surface area contributed by atoms with Gasteiger partial charge in [0, 0.05) is 17.0 Å². The van der Waals surface area contributed by atoms with Crippen LogP contribution in [0, 0.1) is 25.2 Å². The van der Waals surface area contributed by atoms with Crippen molar-refractivity contribution in [3.63, 3.8) is 0 Å². The Hall–Kier alpha value is -3.05. The molecule has 0 saturated carbocycles. The Kier molecular flexibility index (Phi) is 5.09. The topological polar surface area (TPSA) is 111 Å². The van der Waals surface area contributed by atoms with Crippen LogP contribution in [-0.2, 0) is 6.54 Å². The molecule has 26 heavy (non-hydrogen) atoms. The normalized spacial score (nSPS) is 10.7. The monoisotopic (exact) mass is 367 g/mol. The third-order valence-electron chi connectivity index (χ3n) is 4.02. The maximum atomic E-state index is 12.6. The lowest BCUT2D eigenvalue weighted by Gasteiger charge is -2.07. The van der Waals surface area contributed by atoms with E-state index in [1.807, 2.05) is 42.7 Å². The number of nitrogen functional groups attached to an aromatic ring is 1. The summed E-state index contributed by atoms with van der Waals surface area (Å²) in [6, 6.07) is 7.54. The number of thioether (sulfide) groups is 1. The van der Waals surface area contributed by atoms with Crippen LogP contribution >= 0.6 is 11.8 Å². The Bertz CT molecular complexity index is 986. The Morgan fingerprint density at radius 3 is 2.92 bits per heavy atom. The van der Waals surface area contributed by atoms with Crippen molar-refractivity contribution in [2.24, 2.45) is 0 Å². The van der Waals surface area contributed by atoms with Crippen LogP contribution in [0.1, 0.15) is 33.1 Å². The van der Waals surface area contributed by atoms with Crippen molar-refractivity contribution in [1.82, 2.24) is 14.5 Å². The molecule has 0 aromatic carbocycles. The molecule has 0 bridgehead atoms. The van der Waals surface area contributed by atoms with E-state index in [2.05, 4.69) is 9.97 Å². The van der Waals surface area contributed by atoms with Crippen LogP contribution in [0.4, 0.5) is 5.82 Å². The standard InChI is InChI=1S/C18H17N5O2S/c1-11-6-15(12(2)23(11)9-14-4-3-5-25-14)16(24)10-26-18-21-8-13(7-19)17(20)22-18/h3-6,8H,9-10H2,1-2H3,(H2,20,21,22). The number of nitrogens with two attached hydrogens (primary N) is 1. The van der Waals surface area contributed by atoms with E-state index < -0.39 is 0 Å². The van der Waals surface area contributed by atoms with Crippen LogP contribution in [-0.4, -0.2) is 26.1 Å². The maximum Gasteiger partial charge on any atom is 0.189 e. The van der Waals surface area contributed by atoms with Crippen molar-refractivity contribution in [1.29, 1.82) is 5.26 Å². The fourth-order valence-electron chi connectivity index (χ4n) is 2.63. The summed E-state index contributed by atoms with van der Waals surface area (Å²) in [5.74, 6) is 1.13. The highest BCUT2D eigenvalue weighted by molar-refractivity contribution is 7.99.